The Labute approximate surface area is 180 Å². The molecule has 3 aliphatic rings. The summed E-state index contributed by atoms with van der Waals surface area (Å²) in [5, 5.41) is 6.68. The lowest BCUT2D eigenvalue weighted by Gasteiger charge is -2.33. The molecular weight excluding hydrogens is 397 g/mol. The third-order valence-electron chi connectivity index (χ3n) is 6.59. The number of nitrogens with one attached hydrogen (secondary N) is 2. The average molecular weight is 430 g/mol. The maximum Gasteiger partial charge on any atom is 0.237 e. The van der Waals surface area contributed by atoms with Crippen LogP contribution in [-0.4, -0.2) is 56.7 Å². The highest BCUT2D eigenvalue weighted by Crippen LogP contribution is 2.46. The highest BCUT2D eigenvalue weighted by atomic mass is 35.5. The van der Waals surface area contributed by atoms with Gasteiger partial charge < -0.3 is 15.4 Å². The van der Waals surface area contributed by atoms with Crippen molar-refractivity contribution < 1.29 is 9.53 Å². The summed E-state index contributed by atoms with van der Waals surface area (Å²) < 4.78 is 5.93. The van der Waals surface area contributed by atoms with Crippen LogP contribution in [0.15, 0.2) is 30.3 Å². The first-order valence-corrected chi connectivity index (χ1v) is 9.97. The largest absolute Gasteiger partial charge is 0.493 e. The van der Waals surface area contributed by atoms with Crippen LogP contribution in [0.25, 0.3) is 0 Å². The van der Waals surface area contributed by atoms with Gasteiger partial charge in [-0.2, -0.15) is 0 Å². The van der Waals surface area contributed by atoms with E-state index in [1.54, 1.807) is 0 Å². The van der Waals surface area contributed by atoms with E-state index in [-0.39, 0.29) is 42.2 Å². The molecule has 1 amide bonds. The first kappa shape index (κ1) is 23.3. The van der Waals surface area contributed by atoms with Gasteiger partial charge in [-0.25, -0.2) is 0 Å². The van der Waals surface area contributed by atoms with E-state index in [2.05, 4.69) is 22.6 Å². The Morgan fingerprint density at radius 2 is 1.86 bits per heavy atom. The van der Waals surface area contributed by atoms with Gasteiger partial charge in [-0.1, -0.05) is 18.2 Å². The second-order valence-electron chi connectivity index (χ2n) is 8.70. The number of piperidine rings is 1. The number of hydrogen-bond acceptors (Lipinski definition) is 4. The summed E-state index contributed by atoms with van der Waals surface area (Å²) in [4.78, 5) is 15.1. The van der Waals surface area contributed by atoms with Crippen LogP contribution >= 0.6 is 24.8 Å². The number of rotatable bonds is 6. The maximum atomic E-state index is 12.8. The van der Waals surface area contributed by atoms with E-state index in [1.165, 1.54) is 12.8 Å². The van der Waals surface area contributed by atoms with Crippen LogP contribution in [0.3, 0.4) is 0 Å². The molecule has 1 atom stereocenters. The quantitative estimate of drug-likeness (QED) is 0.729. The maximum absolute atomic E-state index is 12.8. The molecule has 0 bridgehead atoms. The molecule has 2 heterocycles. The lowest BCUT2D eigenvalue weighted by molar-refractivity contribution is -0.125. The summed E-state index contributed by atoms with van der Waals surface area (Å²) in [6, 6.07) is 9.97. The Bertz CT molecular complexity index is 634. The molecule has 2 saturated heterocycles. The van der Waals surface area contributed by atoms with Gasteiger partial charge in [-0.15, -0.1) is 24.8 Å². The molecule has 28 heavy (non-hydrogen) atoms. The van der Waals surface area contributed by atoms with Gasteiger partial charge in [-0.3, -0.25) is 9.69 Å². The van der Waals surface area contributed by atoms with Crippen molar-refractivity contribution in [1.29, 1.82) is 0 Å². The van der Waals surface area contributed by atoms with Gasteiger partial charge in [0.2, 0.25) is 5.91 Å². The molecule has 1 unspecified atom stereocenters. The first-order chi connectivity index (χ1) is 12.6. The zero-order chi connectivity index (χ0) is 18.0. The minimum atomic E-state index is 0. The molecule has 7 heteroatoms. The van der Waals surface area contributed by atoms with Crippen molar-refractivity contribution in [2.75, 3.05) is 39.8 Å². The second kappa shape index (κ2) is 9.66. The smallest absolute Gasteiger partial charge is 0.237 e. The third-order valence-corrected chi connectivity index (χ3v) is 6.59. The van der Waals surface area contributed by atoms with Crippen LogP contribution in [0.4, 0.5) is 0 Å². The fourth-order valence-corrected chi connectivity index (χ4v) is 4.58. The van der Waals surface area contributed by atoms with Crippen LogP contribution in [-0.2, 0) is 4.79 Å². The third kappa shape index (κ3) is 5.32. The minimum Gasteiger partial charge on any atom is -0.493 e. The lowest BCUT2D eigenvalue weighted by Crippen LogP contribution is -2.44. The first-order valence-electron chi connectivity index (χ1n) is 9.97. The van der Waals surface area contributed by atoms with E-state index < -0.39 is 0 Å². The van der Waals surface area contributed by atoms with E-state index >= 15 is 0 Å². The number of ether oxygens (including phenoxy) is 1. The summed E-state index contributed by atoms with van der Waals surface area (Å²) >= 11 is 0. The van der Waals surface area contributed by atoms with Crippen molar-refractivity contribution in [2.45, 2.75) is 38.1 Å². The number of hydrogen-bond donors (Lipinski definition) is 2. The van der Waals surface area contributed by atoms with Crippen LogP contribution in [0.2, 0.25) is 0 Å². The number of nitrogens with zero attached hydrogens (tertiary/aromatic N) is 1. The van der Waals surface area contributed by atoms with Crippen LogP contribution in [0.5, 0.6) is 5.75 Å². The van der Waals surface area contributed by atoms with Crippen LogP contribution < -0.4 is 15.4 Å². The molecule has 3 fully saturated rings. The Balaban J connectivity index is 0.00000140. The number of para-hydroxylation sites is 1. The predicted octanol–water partition coefficient (Wildman–Crippen LogP) is 2.88. The number of carbonyl (C=O) groups is 1. The number of amides is 1. The van der Waals surface area contributed by atoms with Gasteiger partial charge in [0, 0.05) is 18.5 Å². The van der Waals surface area contributed by atoms with E-state index in [0.29, 0.717) is 12.0 Å². The van der Waals surface area contributed by atoms with Crippen molar-refractivity contribution >= 4 is 30.7 Å². The topological polar surface area (TPSA) is 53.6 Å². The SMILES string of the molecule is CN1CC2(CCNCC2)CC1C(=O)NCC1(COc2ccccc2)CC1.Cl.Cl. The Hall–Kier alpha value is -1.01. The number of likely N-dealkylation sites (N-methyl/N-ethyl adjacent to an activating group) is 1. The minimum absolute atomic E-state index is 0. The van der Waals surface area contributed by atoms with E-state index in [9.17, 15) is 4.79 Å². The van der Waals surface area contributed by atoms with Crippen LogP contribution in [0.1, 0.15) is 32.1 Å². The summed E-state index contributed by atoms with van der Waals surface area (Å²) in [6.45, 7) is 4.64. The molecule has 5 nitrogen and oxygen atoms in total. The number of likely N-dealkylation sites (tertiary alicyclic amines) is 1. The second-order valence-corrected chi connectivity index (χ2v) is 8.70. The molecule has 0 aromatic heterocycles. The lowest BCUT2D eigenvalue weighted by atomic mass is 9.77. The van der Waals surface area contributed by atoms with E-state index in [0.717, 1.165) is 51.2 Å². The standard InChI is InChI=1S/C21H31N3O2.2ClH/c1-24-15-20(9-11-22-12-10-20)13-18(24)19(25)23-14-21(7-8-21)16-26-17-5-3-2-4-6-17;;/h2-6,18,22H,7-16H2,1H3,(H,23,25);2*1H. The van der Waals surface area contributed by atoms with E-state index in [4.69, 9.17) is 4.74 Å². The Kier molecular flexibility index (Phi) is 8.03. The Morgan fingerprint density at radius 1 is 1.18 bits per heavy atom. The van der Waals surface area contributed by atoms with Gasteiger partial charge in [-0.05, 0) is 69.8 Å². The molecule has 1 spiro atoms. The highest BCUT2D eigenvalue weighted by molar-refractivity contribution is 5.85. The molecule has 1 aromatic rings. The van der Waals surface area contributed by atoms with Gasteiger partial charge >= 0.3 is 0 Å². The molecule has 4 rings (SSSR count). The van der Waals surface area contributed by atoms with Crippen molar-refractivity contribution in [3.63, 3.8) is 0 Å². The molecule has 2 aliphatic heterocycles. The zero-order valence-electron chi connectivity index (χ0n) is 16.6. The molecule has 1 saturated carbocycles. The molecule has 1 aromatic carbocycles. The fraction of sp³-hybridized carbons (Fsp3) is 0.667. The molecule has 2 N–H and O–H groups in total. The van der Waals surface area contributed by atoms with Crippen molar-refractivity contribution in [3.05, 3.63) is 30.3 Å². The average Bonchev–Trinajstić information content (AvgIpc) is 3.37. The van der Waals surface area contributed by atoms with Gasteiger partial charge in [0.15, 0.2) is 0 Å². The molecule has 1 aliphatic carbocycles. The number of benzene rings is 1. The zero-order valence-corrected chi connectivity index (χ0v) is 18.2. The van der Waals surface area contributed by atoms with E-state index in [1.807, 2.05) is 30.3 Å². The number of carbonyl (C=O) groups excluding carboxylic acids is 1. The monoisotopic (exact) mass is 429 g/mol. The normalized spacial score (nSPS) is 24.7. The summed E-state index contributed by atoms with van der Waals surface area (Å²) in [6.07, 6.45) is 5.66. The predicted molar refractivity (Wildman–Crippen MR) is 117 cm³/mol. The van der Waals surface area contributed by atoms with Gasteiger partial charge in [0.25, 0.3) is 0 Å². The fourth-order valence-electron chi connectivity index (χ4n) is 4.58. The van der Waals surface area contributed by atoms with Gasteiger partial charge in [0.05, 0.1) is 12.6 Å². The van der Waals surface area contributed by atoms with Crippen LogP contribution in [0, 0.1) is 10.8 Å². The molecule has 0 radical (unpaired) electrons. The summed E-state index contributed by atoms with van der Waals surface area (Å²) in [7, 11) is 2.10. The highest BCUT2D eigenvalue weighted by Gasteiger charge is 2.47. The molecular formula is C21H33Cl2N3O2. The van der Waals surface area contributed by atoms with Crippen molar-refractivity contribution in [2.24, 2.45) is 10.8 Å². The van der Waals surface area contributed by atoms with Gasteiger partial charge in [0.1, 0.15) is 5.75 Å². The summed E-state index contributed by atoms with van der Waals surface area (Å²) in [5.41, 5.74) is 0.477. The summed E-state index contributed by atoms with van der Waals surface area (Å²) in [5.74, 6) is 1.11. The Morgan fingerprint density at radius 3 is 2.50 bits per heavy atom. The van der Waals surface area contributed by atoms with Crippen molar-refractivity contribution in [3.8, 4) is 5.75 Å². The molecule has 158 valence electrons. The number of halogens is 2. The van der Waals surface area contributed by atoms with Crippen molar-refractivity contribution in [1.82, 2.24) is 15.5 Å².